The van der Waals surface area contributed by atoms with E-state index in [1.54, 1.807) is 7.05 Å². The summed E-state index contributed by atoms with van der Waals surface area (Å²) in [5.41, 5.74) is 0.297. The minimum Gasteiger partial charge on any atom is -0.353 e. The zero-order valence-electron chi connectivity index (χ0n) is 11.9. The van der Waals surface area contributed by atoms with E-state index in [9.17, 15) is 8.78 Å². The number of benzene rings is 1. The second-order valence-corrected chi connectivity index (χ2v) is 5.87. The highest BCUT2D eigenvalue weighted by molar-refractivity contribution is 14.0. The first-order valence-corrected chi connectivity index (χ1v) is 7.83. The summed E-state index contributed by atoms with van der Waals surface area (Å²) in [5, 5.41) is 6.34. The molecule has 2 rings (SSSR count). The summed E-state index contributed by atoms with van der Waals surface area (Å²) in [6, 6.07) is 3.84. The average molecular weight is 427 g/mol. The SMILES string of the molecule is CN=C(NCc1cc(F)ccc1F)NC1CCCSC1.I. The molecule has 1 saturated heterocycles. The van der Waals surface area contributed by atoms with E-state index >= 15 is 0 Å². The van der Waals surface area contributed by atoms with Crippen molar-refractivity contribution in [1.29, 1.82) is 0 Å². The molecule has 1 aliphatic rings. The number of aliphatic imine (C=N–C) groups is 1. The summed E-state index contributed by atoms with van der Waals surface area (Å²) in [6.07, 6.45) is 2.31. The average Bonchev–Trinajstić information content (AvgIpc) is 2.47. The molecule has 1 heterocycles. The van der Waals surface area contributed by atoms with Gasteiger partial charge < -0.3 is 10.6 Å². The Hall–Kier alpha value is -0.570. The molecule has 0 radical (unpaired) electrons. The minimum atomic E-state index is -0.435. The number of hydrogen-bond acceptors (Lipinski definition) is 2. The minimum absolute atomic E-state index is 0. The lowest BCUT2D eigenvalue weighted by atomic mass is 10.2. The van der Waals surface area contributed by atoms with Gasteiger partial charge in [0.05, 0.1) is 0 Å². The fourth-order valence-corrected chi connectivity index (χ4v) is 3.17. The molecule has 3 nitrogen and oxygen atoms in total. The molecule has 0 bridgehead atoms. The lowest BCUT2D eigenvalue weighted by molar-refractivity contribution is 0.570. The van der Waals surface area contributed by atoms with Crippen molar-refractivity contribution in [2.45, 2.75) is 25.4 Å². The van der Waals surface area contributed by atoms with Crippen LogP contribution in [0.15, 0.2) is 23.2 Å². The molecule has 1 fully saturated rings. The summed E-state index contributed by atoms with van der Waals surface area (Å²) in [7, 11) is 1.67. The normalized spacial score (nSPS) is 18.8. The quantitative estimate of drug-likeness (QED) is 0.442. The van der Waals surface area contributed by atoms with Crippen LogP contribution in [0.1, 0.15) is 18.4 Å². The van der Waals surface area contributed by atoms with Crippen LogP contribution in [-0.4, -0.2) is 30.6 Å². The van der Waals surface area contributed by atoms with Gasteiger partial charge in [-0.3, -0.25) is 4.99 Å². The Kier molecular flexibility index (Phi) is 8.31. The van der Waals surface area contributed by atoms with Crippen molar-refractivity contribution in [3.05, 3.63) is 35.4 Å². The molecular formula is C14H20F2IN3S. The van der Waals surface area contributed by atoms with Crippen LogP contribution in [-0.2, 0) is 6.54 Å². The zero-order chi connectivity index (χ0) is 14.4. The number of thioether (sulfide) groups is 1. The monoisotopic (exact) mass is 427 g/mol. The molecule has 1 unspecified atom stereocenters. The van der Waals surface area contributed by atoms with Gasteiger partial charge in [-0.1, -0.05) is 0 Å². The predicted molar refractivity (Wildman–Crippen MR) is 95.5 cm³/mol. The molecule has 0 spiro atoms. The maximum Gasteiger partial charge on any atom is 0.191 e. The Morgan fingerprint density at radius 3 is 2.90 bits per heavy atom. The van der Waals surface area contributed by atoms with Gasteiger partial charge in [-0.05, 0) is 36.8 Å². The number of nitrogens with zero attached hydrogens (tertiary/aromatic N) is 1. The Balaban J connectivity index is 0.00000220. The van der Waals surface area contributed by atoms with E-state index in [2.05, 4.69) is 15.6 Å². The van der Waals surface area contributed by atoms with E-state index in [1.807, 2.05) is 11.8 Å². The number of halogens is 3. The fraction of sp³-hybridized carbons (Fsp3) is 0.500. The molecule has 7 heteroatoms. The van der Waals surface area contributed by atoms with Crippen molar-refractivity contribution in [2.75, 3.05) is 18.6 Å². The molecule has 0 amide bonds. The van der Waals surface area contributed by atoms with Gasteiger partial charge in [0.2, 0.25) is 0 Å². The van der Waals surface area contributed by atoms with E-state index < -0.39 is 11.6 Å². The molecule has 1 aromatic carbocycles. The number of nitrogens with one attached hydrogen (secondary N) is 2. The summed E-state index contributed by atoms with van der Waals surface area (Å²) in [6.45, 7) is 0.211. The molecule has 1 aliphatic heterocycles. The molecular weight excluding hydrogens is 407 g/mol. The maximum atomic E-state index is 13.5. The molecule has 0 aliphatic carbocycles. The van der Waals surface area contributed by atoms with Crippen LogP contribution in [0.5, 0.6) is 0 Å². The molecule has 2 N–H and O–H groups in total. The van der Waals surface area contributed by atoms with Gasteiger partial charge in [0.15, 0.2) is 5.96 Å². The third-order valence-electron chi connectivity index (χ3n) is 3.18. The summed E-state index contributed by atoms with van der Waals surface area (Å²) >= 11 is 1.92. The molecule has 1 atom stereocenters. The van der Waals surface area contributed by atoms with E-state index in [1.165, 1.54) is 18.2 Å². The highest BCUT2D eigenvalue weighted by atomic mass is 127. The first-order chi connectivity index (χ1) is 9.69. The number of hydrogen-bond donors (Lipinski definition) is 2. The number of rotatable bonds is 3. The van der Waals surface area contributed by atoms with Crippen LogP contribution in [0.3, 0.4) is 0 Å². The van der Waals surface area contributed by atoms with Gasteiger partial charge in [-0.15, -0.1) is 24.0 Å². The maximum absolute atomic E-state index is 13.5. The van der Waals surface area contributed by atoms with Crippen molar-refractivity contribution in [2.24, 2.45) is 4.99 Å². The van der Waals surface area contributed by atoms with Crippen molar-refractivity contribution >= 4 is 41.7 Å². The first-order valence-electron chi connectivity index (χ1n) is 6.68. The second kappa shape index (κ2) is 9.45. The van der Waals surface area contributed by atoms with E-state index in [0.717, 1.165) is 24.3 Å². The summed E-state index contributed by atoms with van der Waals surface area (Å²) < 4.78 is 26.6. The van der Waals surface area contributed by atoms with Crippen LogP contribution in [0.25, 0.3) is 0 Å². The van der Waals surface area contributed by atoms with Gasteiger partial charge in [0.25, 0.3) is 0 Å². The fourth-order valence-electron chi connectivity index (χ4n) is 2.10. The highest BCUT2D eigenvalue weighted by Gasteiger charge is 2.15. The largest absolute Gasteiger partial charge is 0.353 e. The lowest BCUT2D eigenvalue weighted by Crippen LogP contribution is -2.45. The topological polar surface area (TPSA) is 36.4 Å². The Bertz CT molecular complexity index is 479. The standard InChI is InChI=1S/C14H19F2N3S.HI/c1-17-14(19-12-3-2-6-20-9-12)18-8-10-7-11(15)4-5-13(10)16;/h4-5,7,12H,2-3,6,8-9H2,1H3,(H2,17,18,19);1H. The zero-order valence-corrected chi connectivity index (χ0v) is 15.0. The highest BCUT2D eigenvalue weighted by Crippen LogP contribution is 2.16. The van der Waals surface area contributed by atoms with Crippen LogP contribution in [0, 0.1) is 11.6 Å². The van der Waals surface area contributed by atoms with Crippen LogP contribution >= 0.6 is 35.7 Å². The Labute approximate surface area is 145 Å². The van der Waals surface area contributed by atoms with Crippen LogP contribution < -0.4 is 10.6 Å². The Morgan fingerprint density at radius 1 is 1.43 bits per heavy atom. The summed E-state index contributed by atoms with van der Waals surface area (Å²) in [5.74, 6) is 2.03. The molecule has 0 aromatic heterocycles. The third-order valence-corrected chi connectivity index (χ3v) is 4.39. The molecule has 1 aromatic rings. The third kappa shape index (κ3) is 5.98. The van der Waals surface area contributed by atoms with Crippen LogP contribution in [0.4, 0.5) is 8.78 Å². The van der Waals surface area contributed by atoms with Gasteiger partial charge in [0, 0.05) is 31.0 Å². The second-order valence-electron chi connectivity index (χ2n) is 4.72. The van der Waals surface area contributed by atoms with Gasteiger partial charge >= 0.3 is 0 Å². The van der Waals surface area contributed by atoms with Gasteiger partial charge in [0.1, 0.15) is 11.6 Å². The lowest BCUT2D eigenvalue weighted by Gasteiger charge is -2.24. The smallest absolute Gasteiger partial charge is 0.191 e. The molecule has 21 heavy (non-hydrogen) atoms. The number of guanidine groups is 1. The molecule has 118 valence electrons. The molecule has 0 saturated carbocycles. The van der Waals surface area contributed by atoms with E-state index in [4.69, 9.17) is 0 Å². The first kappa shape index (κ1) is 18.5. The van der Waals surface area contributed by atoms with Crippen LogP contribution in [0.2, 0.25) is 0 Å². The van der Waals surface area contributed by atoms with Crippen molar-refractivity contribution in [3.63, 3.8) is 0 Å². The van der Waals surface area contributed by atoms with E-state index in [0.29, 0.717) is 17.6 Å². The van der Waals surface area contributed by atoms with E-state index in [-0.39, 0.29) is 30.5 Å². The predicted octanol–water partition coefficient (Wildman–Crippen LogP) is 3.14. The van der Waals surface area contributed by atoms with Crippen molar-refractivity contribution in [3.8, 4) is 0 Å². The Morgan fingerprint density at radius 2 is 2.24 bits per heavy atom. The summed E-state index contributed by atoms with van der Waals surface area (Å²) in [4.78, 5) is 4.12. The van der Waals surface area contributed by atoms with Gasteiger partial charge in [-0.2, -0.15) is 11.8 Å². The van der Waals surface area contributed by atoms with Gasteiger partial charge in [-0.25, -0.2) is 8.78 Å². The van der Waals surface area contributed by atoms with Crippen molar-refractivity contribution < 1.29 is 8.78 Å². The van der Waals surface area contributed by atoms with Crippen molar-refractivity contribution in [1.82, 2.24) is 10.6 Å².